The van der Waals surface area contributed by atoms with Crippen LogP contribution in [0.4, 0.5) is 30.7 Å². The van der Waals surface area contributed by atoms with Gasteiger partial charge in [-0.3, -0.25) is 0 Å². The second kappa shape index (κ2) is 11.4. The molecule has 0 aliphatic heterocycles. The van der Waals surface area contributed by atoms with Crippen molar-refractivity contribution < 1.29 is 40.2 Å². The lowest BCUT2D eigenvalue weighted by Gasteiger charge is -2.12. The highest BCUT2D eigenvalue weighted by atomic mass is 19.4. The molecule has 0 saturated heterocycles. The standard InChI is InChI=1S/C29H23F7O2/c1-37-11-10-18-13-24(31)27(25(32)14-18)21-7-8-22-20(15-21)6-5-19(28(22)33)4-2-17-3-9-26(23(30)12-17)38-16-29(34,35)36/h3,5-9,12-15H,2,4,10-11,16H2,1H3. The molecule has 4 rings (SSSR count). The molecular weight excluding hydrogens is 513 g/mol. The van der Waals surface area contributed by atoms with Gasteiger partial charge < -0.3 is 9.47 Å². The van der Waals surface area contributed by atoms with Crippen LogP contribution in [0.15, 0.2) is 60.7 Å². The molecule has 4 aromatic carbocycles. The molecule has 0 atom stereocenters. The molecule has 0 heterocycles. The normalized spacial score (nSPS) is 11.8. The van der Waals surface area contributed by atoms with Crippen LogP contribution in [0.1, 0.15) is 16.7 Å². The second-order valence-corrected chi connectivity index (χ2v) is 8.82. The highest BCUT2D eigenvalue weighted by molar-refractivity contribution is 5.88. The number of aryl methyl sites for hydroxylation is 2. The first-order chi connectivity index (χ1) is 18.1. The lowest BCUT2D eigenvalue weighted by molar-refractivity contribution is -0.153. The molecular formula is C29H23F7O2. The number of fused-ring (bicyclic) bond motifs is 1. The topological polar surface area (TPSA) is 18.5 Å². The third kappa shape index (κ3) is 6.45. The van der Waals surface area contributed by atoms with Crippen LogP contribution >= 0.6 is 0 Å². The summed E-state index contributed by atoms with van der Waals surface area (Å²) in [7, 11) is 1.50. The second-order valence-electron chi connectivity index (χ2n) is 8.82. The van der Waals surface area contributed by atoms with E-state index in [1.807, 2.05) is 0 Å². The minimum Gasteiger partial charge on any atom is -0.481 e. The van der Waals surface area contributed by atoms with Gasteiger partial charge >= 0.3 is 6.18 Å². The highest BCUT2D eigenvalue weighted by Crippen LogP contribution is 2.32. The fraction of sp³-hybridized carbons (Fsp3) is 0.241. The van der Waals surface area contributed by atoms with Crippen LogP contribution in [0.5, 0.6) is 5.75 Å². The van der Waals surface area contributed by atoms with Crippen LogP contribution in [0.25, 0.3) is 21.9 Å². The predicted octanol–water partition coefficient (Wildman–Crippen LogP) is 7.98. The van der Waals surface area contributed by atoms with Gasteiger partial charge in [0.25, 0.3) is 0 Å². The number of halogens is 7. The van der Waals surface area contributed by atoms with Gasteiger partial charge in [0.1, 0.15) is 17.5 Å². The summed E-state index contributed by atoms with van der Waals surface area (Å²) in [6.45, 7) is -1.28. The van der Waals surface area contributed by atoms with E-state index < -0.39 is 41.8 Å². The van der Waals surface area contributed by atoms with Gasteiger partial charge in [-0.15, -0.1) is 0 Å². The maximum Gasteiger partial charge on any atom is 0.422 e. The Balaban J connectivity index is 1.51. The molecule has 200 valence electrons. The molecule has 0 unspecified atom stereocenters. The largest absolute Gasteiger partial charge is 0.481 e. The van der Waals surface area contributed by atoms with E-state index >= 15 is 4.39 Å². The summed E-state index contributed by atoms with van der Waals surface area (Å²) in [6, 6.07) is 13.7. The summed E-state index contributed by atoms with van der Waals surface area (Å²) in [5.74, 6) is -3.43. The summed E-state index contributed by atoms with van der Waals surface area (Å²) in [5.41, 5.74) is 1.31. The molecule has 9 heteroatoms. The summed E-state index contributed by atoms with van der Waals surface area (Å²) < 4.78 is 105. The number of hydrogen-bond acceptors (Lipinski definition) is 2. The molecule has 0 radical (unpaired) electrons. The van der Waals surface area contributed by atoms with Gasteiger partial charge in [0.2, 0.25) is 0 Å². The number of benzene rings is 4. The smallest absolute Gasteiger partial charge is 0.422 e. The lowest BCUT2D eigenvalue weighted by Crippen LogP contribution is -2.19. The van der Waals surface area contributed by atoms with Crippen LogP contribution in [0, 0.1) is 23.3 Å². The minimum absolute atomic E-state index is 0.192. The zero-order valence-electron chi connectivity index (χ0n) is 20.3. The SMILES string of the molecule is COCCc1cc(F)c(-c2ccc3c(F)c(CCc4ccc(OCC(F)(F)F)c(F)c4)ccc3c2)c(F)c1. The van der Waals surface area contributed by atoms with Crippen LogP contribution in [0.3, 0.4) is 0 Å². The van der Waals surface area contributed by atoms with Crippen LogP contribution in [0.2, 0.25) is 0 Å². The fourth-order valence-electron chi connectivity index (χ4n) is 4.21. The monoisotopic (exact) mass is 536 g/mol. The van der Waals surface area contributed by atoms with Gasteiger partial charge in [-0.25, -0.2) is 17.6 Å². The van der Waals surface area contributed by atoms with Crippen LogP contribution < -0.4 is 4.74 Å². The molecule has 38 heavy (non-hydrogen) atoms. The number of methoxy groups -OCH3 is 1. The van der Waals surface area contributed by atoms with Gasteiger partial charge in [-0.05, 0) is 77.2 Å². The molecule has 0 saturated carbocycles. The molecule has 0 bridgehead atoms. The van der Waals surface area contributed by atoms with Crippen molar-refractivity contribution in [3.8, 4) is 16.9 Å². The third-order valence-electron chi connectivity index (χ3n) is 6.09. The maximum absolute atomic E-state index is 15.2. The molecule has 0 fully saturated rings. The molecule has 0 N–H and O–H groups in total. The van der Waals surface area contributed by atoms with E-state index in [0.717, 1.165) is 12.1 Å². The van der Waals surface area contributed by atoms with Crippen molar-refractivity contribution in [3.63, 3.8) is 0 Å². The average Bonchev–Trinajstić information content (AvgIpc) is 2.85. The van der Waals surface area contributed by atoms with Crippen molar-refractivity contribution in [3.05, 3.63) is 101 Å². The first-order valence-electron chi connectivity index (χ1n) is 11.7. The van der Waals surface area contributed by atoms with Crippen molar-refractivity contribution in [1.82, 2.24) is 0 Å². The fourth-order valence-corrected chi connectivity index (χ4v) is 4.21. The van der Waals surface area contributed by atoms with Crippen molar-refractivity contribution in [2.45, 2.75) is 25.4 Å². The van der Waals surface area contributed by atoms with E-state index in [2.05, 4.69) is 4.74 Å². The zero-order chi connectivity index (χ0) is 27.4. The predicted molar refractivity (Wildman–Crippen MR) is 130 cm³/mol. The van der Waals surface area contributed by atoms with Gasteiger partial charge in [0, 0.05) is 12.5 Å². The number of rotatable bonds is 9. The Kier molecular flexibility index (Phi) is 8.26. The van der Waals surface area contributed by atoms with E-state index in [-0.39, 0.29) is 29.4 Å². The summed E-state index contributed by atoms with van der Waals surface area (Å²) >= 11 is 0. The first-order valence-corrected chi connectivity index (χ1v) is 11.7. The van der Waals surface area contributed by atoms with Crippen molar-refractivity contribution >= 4 is 10.8 Å². The molecule has 0 aliphatic carbocycles. The Morgan fingerprint density at radius 2 is 1.42 bits per heavy atom. The van der Waals surface area contributed by atoms with Crippen molar-refractivity contribution in [1.29, 1.82) is 0 Å². The molecule has 0 amide bonds. The maximum atomic E-state index is 15.2. The van der Waals surface area contributed by atoms with E-state index in [1.165, 1.54) is 43.5 Å². The molecule has 4 aromatic rings. The molecule has 0 aliphatic rings. The number of alkyl halides is 3. The Hall–Kier alpha value is -3.59. The van der Waals surface area contributed by atoms with Crippen molar-refractivity contribution in [2.24, 2.45) is 0 Å². The van der Waals surface area contributed by atoms with E-state index in [9.17, 15) is 26.3 Å². The van der Waals surface area contributed by atoms with E-state index in [4.69, 9.17) is 4.74 Å². The van der Waals surface area contributed by atoms with Gasteiger partial charge in [-0.2, -0.15) is 13.2 Å². The Morgan fingerprint density at radius 1 is 0.711 bits per heavy atom. The van der Waals surface area contributed by atoms with E-state index in [1.54, 1.807) is 12.1 Å². The van der Waals surface area contributed by atoms with E-state index in [0.29, 0.717) is 35.1 Å². The average molecular weight is 536 g/mol. The minimum atomic E-state index is -4.59. The quantitative estimate of drug-likeness (QED) is 0.202. The first kappa shape index (κ1) is 27.4. The van der Waals surface area contributed by atoms with Gasteiger partial charge in [0.15, 0.2) is 18.2 Å². The highest BCUT2D eigenvalue weighted by Gasteiger charge is 2.29. The molecule has 0 aromatic heterocycles. The Morgan fingerprint density at radius 3 is 2.08 bits per heavy atom. The molecule has 2 nitrogen and oxygen atoms in total. The summed E-state index contributed by atoms with van der Waals surface area (Å²) in [5, 5.41) is 0.703. The Labute approximate surface area is 214 Å². The van der Waals surface area contributed by atoms with Crippen LogP contribution in [-0.4, -0.2) is 26.5 Å². The van der Waals surface area contributed by atoms with Crippen molar-refractivity contribution in [2.75, 3.05) is 20.3 Å². The number of ether oxygens (including phenoxy) is 2. The third-order valence-corrected chi connectivity index (χ3v) is 6.09. The molecule has 0 spiro atoms. The van der Waals surface area contributed by atoms with Gasteiger partial charge in [0.05, 0.1) is 12.2 Å². The summed E-state index contributed by atoms with van der Waals surface area (Å²) in [6.07, 6.45) is -3.81. The zero-order valence-corrected chi connectivity index (χ0v) is 20.3. The summed E-state index contributed by atoms with van der Waals surface area (Å²) in [4.78, 5) is 0. The Bertz CT molecular complexity index is 1420. The van der Waals surface area contributed by atoms with Gasteiger partial charge in [-0.1, -0.05) is 30.3 Å². The van der Waals surface area contributed by atoms with Crippen LogP contribution in [-0.2, 0) is 24.0 Å². The number of hydrogen-bond donors (Lipinski definition) is 0. The lowest BCUT2D eigenvalue weighted by atomic mass is 9.96.